The SMILES string of the molecule is O=C(Cc1ccccc1)Nc1ccc(OCc2noc(C3CC3)n2)cc1. The lowest BCUT2D eigenvalue weighted by atomic mass is 10.1. The molecule has 1 amide bonds. The fourth-order valence-electron chi connectivity index (χ4n) is 2.59. The first-order valence-electron chi connectivity index (χ1n) is 8.65. The largest absolute Gasteiger partial charge is 0.485 e. The number of amides is 1. The van der Waals surface area contributed by atoms with E-state index in [0.717, 1.165) is 24.1 Å². The van der Waals surface area contributed by atoms with Gasteiger partial charge in [-0.05, 0) is 42.7 Å². The van der Waals surface area contributed by atoms with Crippen molar-refractivity contribution in [2.45, 2.75) is 31.8 Å². The molecule has 6 nitrogen and oxygen atoms in total. The van der Waals surface area contributed by atoms with E-state index in [2.05, 4.69) is 15.5 Å². The third-order valence-corrected chi connectivity index (χ3v) is 4.12. The van der Waals surface area contributed by atoms with E-state index >= 15 is 0 Å². The summed E-state index contributed by atoms with van der Waals surface area (Å²) < 4.78 is 10.9. The van der Waals surface area contributed by atoms with Crippen molar-refractivity contribution < 1.29 is 14.1 Å². The summed E-state index contributed by atoms with van der Waals surface area (Å²) >= 11 is 0. The molecule has 1 heterocycles. The van der Waals surface area contributed by atoms with Gasteiger partial charge in [0.15, 0.2) is 6.61 Å². The lowest BCUT2D eigenvalue weighted by molar-refractivity contribution is -0.115. The van der Waals surface area contributed by atoms with Gasteiger partial charge >= 0.3 is 0 Å². The summed E-state index contributed by atoms with van der Waals surface area (Å²) in [5.74, 6) is 2.33. The number of rotatable bonds is 7. The Morgan fingerprint density at radius 3 is 2.62 bits per heavy atom. The van der Waals surface area contributed by atoms with Crippen LogP contribution in [0.3, 0.4) is 0 Å². The number of carbonyl (C=O) groups excluding carboxylic acids is 1. The molecule has 0 atom stereocenters. The smallest absolute Gasteiger partial charge is 0.229 e. The highest BCUT2D eigenvalue weighted by atomic mass is 16.5. The van der Waals surface area contributed by atoms with Gasteiger partial charge in [0, 0.05) is 11.6 Å². The van der Waals surface area contributed by atoms with Crippen LogP contribution < -0.4 is 10.1 Å². The molecule has 0 aliphatic heterocycles. The average Bonchev–Trinajstić information content (AvgIpc) is 3.40. The predicted octanol–water partition coefficient (Wildman–Crippen LogP) is 3.71. The van der Waals surface area contributed by atoms with E-state index in [9.17, 15) is 4.79 Å². The van der Waals surface area contributed by atoms with Crippen molar-refractivity contribution in [1.29, 1.82) is 0 Å². The molecule has 26 heavy (non-hydrogen) atoms. The Balaban J connectivity index is 1.27. The van der Waals surface area contributed by atoms with Gasteiger partial charge in [0.1, 0.15) is 5.75 Å². The lowest BCUT2D eigenvalue weighted by Gasteiger charge is -2.07. The third kappa shape index (κ3) is 4.27. The minimum atomic E-state index is -0.0516. The van der Waals surface area contributed by atoms with Crippen molar-refractivity contribution in [1.82, 2.24) is 10.1 Å². The summed E-state index contributed by atoms with van der Waals surface area (Å²) in [6, 6.07) is 16.9. The minimum Gasteiger partial charge on any atom is -0.485 e. The highest BCUT2D eigenvalue weighted by Gasteiger charge is 2.29. The molecule has 132 valence electrons. The maximum atomic E-state index is 12.1. The van der Waals surface area contributed by atoms with Crippen LogP contribution in [-0.4, -0.2) is 16.0 Å². The van der Waals surface area contributed by atoms with E-state index in [1.165, 1.54) is 0 Å². The topological polar surface area (TPSA) is 77.2 Å². The molecule has 1 aliphatic carbocycles. The number of anilines is 1. The molecule has 1 N–H and O–H groups in total. The van der Waals surface area contributed by atoms with Gasteiger partial charge in [-0.2, -0.15) is 4.98 Å². The van der Waals surface area contributed by atoms with Crippen LogP contribution in [0.25, 0.3) is 0 Å². The quantitative estimate of drug-likeness (QED) is 0.704. The Morgan fingerprint density at radius 2 is 1.88 bits per heavy atom. The molecule has 6 heteroatoms. The summed E-state index contributed by atoms with van der Waals surface area (Å²) in [7, 11) is 0. The molecule has 1 saturated carbocycles. The highest BCUT2D eigenvalue weighted by molar-refractivity contribution is 5.92. The second-order valence-electron chi connectivity index (χ2n) is 6.35. The van der Waals surface area contributed by atoms with Crippen molar-refractivity contribution in [3.8, 4) is 5.75 Å². The first-order valence-corrected chi connectivity index (χ1v) is 8.65. The van der Waals surface area contributed by atoms with E-state index in [0.29, 0.717) is 29.8 Å². The molecule has 1 fully saturated rings. The molecule has 2 aromatic carbocycles. The van der Waals surface area contributed by atoms with E-state index in [4.69, 9.17) is 9.26 Å². The van der Waals surface area contributed by atoms with Gasteiger partial charge in [0.2, 0.25) is 17.6 Å². The standard InChI is InChI=1S/C20H19N3O3/c24-19(12-14-4-2-1-3-5-14)21-16-8-10-17(11-9-16)25-13-18-22-20(26-23-18)15-6-7-15/h1-5,8-11,15H,6-7,12-13H2,(H,21,24). The second-order valence-corrected chi connectivity index (χ2v) is 6.35. The molecule has 3 aromatic rings. The number of hydrogen-bond acceptors (Lipinski definition) is 5. The fourth-order valence-corrected chi connectivity index (χ4v) is 2.59. The summed E-state index contributed by atoms with van der Waals surface area (Å²) in [6.45, 7) is 0.260. The van der Waals surface area contributed by atoms with E-state index < -0.39 is 0 Å². The van der Waals surface area contributed by atoms with Gasteiger partial charge in [-0.3, -0.25) is 4.79 Å². The third-order valence-electron chi connectivity index (χ3n) is 4.12. The summed E-state index contributed by atoms with van der Waals surface area (Å²) in [5.41, 5.74) is 1.71. The Kier molecular flexibility index (Phi) is 4.64. The van der Waals surface area contributed by atoms with Crippen LogP contribution in [0.4, 0.5) is 5.69 Å². The number of nitrogens with one attached hydrogen (secondary N) is 1. The highest BCUT2D eigenvalue weighted by Crippen LogP contribution is 2.38. The second kappa shape index (κ2) is 7.39. The molecular formula is C20H19N3O3. The molecule has 0 spiro atoms. The van der Waals surface area contributed by atoms with E-state index in [1.807, 2.05) is 42.5 Å². The number of carbonyl (C=O) groups is 1. The predicted molar refractivity (Wildman–Crippen MR) is 95.8 cm³/mol. The van der Waals surface area contributed by atoms with E-state index in [-0.39, 0.29) is 12.5 Å². The lowest BCUT2D eigenvalue weighted by Crippen LogP contribution is -2.14. The number of hydrogen-bond donors (Lipinski definition) is 1. The van der Waals surface area contributed by atoms with Crippen LogP contribution in [0.2, 0.25) is 0 Å². The molecule has 0 saturated heterocycles. The number of ether oxygens (including phenoxy) is 1. The molecule has 0 radical (unpaired) electrons. The first kappa shape index (κ1) is 16.3. The Bertz CT molecular complexity index is 871. The number of nitrogens with zero attached hydrogens (tertiary/aromatic N) is 2. The fraction of sp³-hybridized carbons (Fsp3) is 0.250. The van der Waals surface area contributed by atoms with Crippen molar-refractivity contribution >= 4 is 11.6 Å². The normalized spacial score (nSPS) is 13.4. The summed E-state index contributed by atoms with van der Waals surface area (Å²) in [5, 5.41) is 6.80. The van der Waals surface area contributed by atoms with Crippen LogP contribution in [0.1, 0.15) is 36.0 Å². The van der Waals surface area contributed by atoms with Crippen molar-refractivity contribution in [3.63, 3.8) is 0 Å². The van der Waals surface area contributed by atoms with E-state index in [1.54, 1.807) is 12.1 Å². The van der Waals surface area contributed by atoms with Crippen LogP contribution in [0.15, 0.2) is 59.1 Å². The van der Waals surface area contributed by atoms with Gasteiger partial charge in [-0.1, -0.05) is 35.5 Å². The molecule has 0 unspecified atom stereocenters. The zero-order valence-corrected chi connectivity index (χ0v) is 14.2. The Morgan fingerprint density at radius 1 is 1.12 bits per heavy atom. The monoisotopic (exact) mass is 349 g/mol. The molecular weight excluding hydrogens is 330 g/mol. The first-order chi connectivity index (χ1) is 12.8. The Labute approximate surface area is 151 Å². The van der Waals surface area contributed by atoms with Crippen LogP contribution in [0.5, 0.6) is 5.75 Å². The average molecular weight is 349 g/mol. The maximum absolute atomic E-state index is 12.1. The number of benzene rings is 2. The van der Waals surface area contributed by atoms with Crippen LogP contribution in [0, 0.1) is 0 Å². The summed E-state index contributed by atoms with van der Waals surface area (Å²) in [6.07, 6.45) is 2.60. The molecule has 0 bridgehead atoms. The number of aromatic nitrogens is 2. The summed E-state index contributed by atoms with van der Waals surface area (Å²) in [4.78, 5) is 16.4. The molecule has 1 aromatic heterocycles. The van der Waals surface area contributed by atoms with Crippen LogP contribution >= 0.6 is 0 Å². The van der Waals surface area contributed by atoms with Crippen LogP contribution in [-0.2, 0) is 17.8 Å². The van der Waals surface area contributed by atoms with Gasteiger partial charge < -0.3 is 14.6 Å². The van der Waals surface area contributed by atoms with Gasteiger partial charge in [0.05, 0.1) is 6.42 Å². The molecule has 4 rings (SSSR count). The Hall–Kier alpha value is -3.15. The van der Waals surface area contributed by atoms with Gasteiger partial charge in [0.25, 0.3) is 0 Å². The van der Waals surface area contributed by atoms with Crippen molar-refractivity contribution in [2.75, 3.05) is 5.32 Å². The molecule has 1 aliphatic rings. The maximum Gasteiger partial charge on any atom is 0.229 e. The zero-order chi connectivity index (χ0) is 17.8. The van der Waals surface area contributed by atoms with Gasteiger partial charge in [-0.25, -0.2) is 0 Å². The van der Waals surface area contributed by atoms with Gasteiger partial charge in [-0.15, -0.1) is 0 Å². The zero-order valence-electron chi connectivity index (χ0n) is 14.2. The van der Waals surface area contributed by atoms with Crippen molar-refractivity contribution in [2.24, 2.45) is 0 Å². The minimum absolute atomic E-state index is 0.0516. The van der Waals surface area contributed by atoms with Crippen molar-refractivity contribution in [3.05, 3.63) is 71.9 Å².